The van der Waals surface area contributed by atoms with Crippen LogP contribution in [-0.4, -0.2) is 17.7 Å². The molecule has 0 bridgehead atoms. The van der Waals surface area contributed by atoms with Gasteiger partial charge < -0.3 is 19.9 Å². The Morgan fingerprint density at radius 2 is 1.79 bits per heavy atom. The van der Waals surface area contributed by atoms with Gasteiger partial charge in [0.05, 0.1) is 12.8 Å². The van der Waals surface area contributed by atoms with Crippen LogP contribution in [0.2, 0.25) is 0 Å². The molecule has 0 aliphatic rings. The Hall–Kier alpha value is -3.21. The van der Waals surface area contributed by atoms with Crippen LogP contribution < -0.4 is 15.4 Å². The van der Waals surface area contributed by atoms with Crippen LogP contribution in [0.5, 0.6) is 5.75 Å². The lowest BCUT2D eigenvalue weighted by Crippen LogP contribution is -2.28. The van der Waals surface area contributed by atoms with Crippen molar-refractivity contribution in [2.45, 2.75) is 34.2 Å². The molecule has 5 heteroatoms. The lowest BCUT2D eigenvalue weighted by atomic mass is 10.1. The molecule has 2 amide bonds. The average molecular weight is 377 g/mol. The summed E-state index contributed by atoms with van der Waals surface area (Å²) in [5, 5.41) is 5.90. The van der Waals surface area contributed by atoms with Crippen molar-refractivity contribution in [3.05, 3.63) is 76.6 Å². The first-order chi connectivity index (χ1) is 13.4. The second-order valence-corrected chi connectivity index (χ2v) is 6.96. The number of methoxy groups -OCH3 is 1. The summed E-state index contributed by atoms with van der Waals surface area (Å²) in [6.45, 7) is 8.60. The Balaban J connectivity index is 1.75. The number of carbonyl (C=O) groups is 1. The molecule has 0 radical (unpaired) electrons. The number of aryl methyl sites for hydroxylation is 2. The molecule has 2 N–H and O–H groups in total. The van der Waals surface area contributed by atoms with Gasteiger partial charge in [0.15, 0.2) is 0 Å². The van der Waals surface area contributed by atoms with Crippen LogP contribution in [0.4, 0.5) is 10.5 Å². The normalized spacial score (nSPS) is 10.6. The van der Waals surface area contributed by atoms with Crippen LogP contribution in [0, 0.1) is 27.7 Å². The van der Waals surface area contributed by atoms with E-state index in [-0.39, 0.29) is 6.03 Å². The van der Waals surface area contributed by atoms with Crippen molar-refractivity contribution < 1.29 is 9.53 Å². The maximum atomic E-state index is 12.4. The Kier molecular flexibility index (Phi) is 5.73. The van der Waals surface area contributed by atoms with Crippen LogP contribution in [0.1, 0.15) is 28.1 Å². The van der Waals surface area contributed by atoms with Crippen molar-refractivity contribution in [3.63, 3.8) is 0 Å². The first kappa shape index (κ1) is 19.5. The van der Waals surface area contributed by atoms with Gasteiger partial charge >= 0.3 is 6.03 Å². The highest BCUT2D eigenvalue weighted by atomic mass is 16.5. The zero-order chi connectivity index (χ0) is 20.3. The first-order valence-electron chi connectivity index (χ1n) is 9.34. The standard InChI is InChI=1S/C23H27N3O2/c1-15-9-8-10-20(17(15)3)25-23(27)24-14-19-13-16(2)26(18(19)4)21-11-6-7-12-22(21)28-5/h6-13H,14H2,1-5H3,(H2,24,25,27). The highest BCUT2D eigenvalue weighted by Gasteiger charge is 2.14. The summed E-state index contributed by atoms with van der Waals surface area (Å²) in [6, 6.07) is 15.7. The predicted molar refractivity (Wildman–Crippen MR) is 114 cm³/mol. The van der Waals surface area contributed by atoms with E-state index in [1.807, 2.05) is 56.3 Å². The summed E-state index contributed by atoms with van der Waals surface area (Å²) in [7, 11) is 1.67. The second-order valence-electron chi connectivity index (χ2n) is 6.96. The number of benzene rings is 2. The van der Waals surface area contributed by atoms with Gasteiger partial charge in [-0.1, -0.05) is 24.3 Å². The smallest absolute Gasteiger partial charge is 0.319 e. The van der Waals surface area contributed by atoms with Crippen LogP contribution in [0.15, 0.2) is 48.5 Å². The van der Waals surface area contributed by atoms with E-state index >= 15 is 0 Å². The van der Waals surface area contributed by atoms with Gasteiger partial charge in [-0.3, -0.25) is 0 Å². The number of nitrogens with one attached hydrogen (secondary N) is 2. The van der Waals surface area contributed by atoms with Crippen molar-refractivity contribution in [1.29, 1.82) is 0 Å². The van der Waals surface area contributed by atoms with Crippen LogP contribution in [-0.2, 0) is 6.54 Å². The Bertz CT molecular complexity index is 1010. The molecule has 1 aromatic heterocycles. The summed E-state index contributed by atoms with van der Waals surface area (Å²) in [4.78, 5) is 12.4. The van der Waals surface area contributed by atoms with Gasteiger partial charge in [-0.2, -0.15) is 0 Å². The highest BCUT2D eigenvalue weighted by Crippen LogP contribution is 2.28. The van der Waals surface area contributed by atoms with Crippen LogP contribution >= 0.6 is 0 Å². The lowest BCUT2D eigenvalue weighted by Gasteiger charge is -2.14. The molecule has 0 aliphatic carbocycles. The quantitative estimate of drug-likeness (QED) is 0.654. The summed E-state index contributed by atoms with van der Waals surface area (Å²) in [5.41, 5.74) is 7.29. The van der Waals surface area contributed by atoms with Crippen LogP contribution in [0.3, 0.4) is 0 Å². The zero-order valence-electron chi connectivity index (χ0n) is 17.1. The lowest BCUT2D eigenvalue weighted by molar-refractivity contribution is 0.251. The summed E-state index contributed by atoms with van der Waals surface area (Å²) < 4.78 is 7.66. The van der Waals surface area contributed by atoms with E-state index in [9.17, 15) is 4.79 Å². The molecule has 5 nitrogen and oxygen atoms in total. The molecular formula is C23H27N3O2. The average Bonchev–Trinajstić information content (AvgIpc) is 2.97. The number of hydrogen-bond acceptors (Lipinski definition) is 2. The number of para-hydroxylation sites is 2. The molecule has 146 valence electrons. The third kappa shape index (κ3) is 3.88. The third-order valence-electron chi connectivity index (χ3n) is 5.15. The number of carbonyl (C=O) groups excluding carboxylic acids is 1. The molecule has 0 atom stereocenters. The van der Waals surface area contributed by atoms with Gasteiger partial charge in [-0.15, -0.1) is 0 Å². The number of ether oxygens (including phenoxy) is 1. The van der Waals surface area contributed by atoms with E-state index in [0.29, 0.717) is 6.54 Å². The number of nitrogens with zero attached hydrogens (tertiary/aromatic N) is 1. The third-order valence-corrected chi connectivity index (χ3v) is 5.15. The highest BCUT2D eigenvalue weighted by molar-refractivity contribution is 5.90. The number of anilines is 1. The Morgan fingerprint density at radius 3 is 2.54 bits per heavy atom. The van der Waals surface area contributed by atoms with E-state index in [4.69, 9.17) is 4.74 Å². The maximum absolute atomic E-state index is 12.4. The molecule has 0 spiro atoms. The molecule has 1 heterocycles. The minimum absolute atomic E-state index is 0.212. The zero-order valence-corrected chi connectivity index (χ0v) is 17.1. The molecular weight excluding hydrogens is 350 g/mol. The second kappa shape index (κ2) is 8.21. The number of hydrogen-bond donors (Lipinski definition) is 2. The molecule has 0 aliphatic heterocycles. The van der Waals surface area contributed by atoms with Gasteiger partial charge in [0, 0.05) is 23.6 Å². The SMILES string of the molecule is COc1ccccc1-n1c(C)cc(CNC(=O)Nc2cccc(C)c2C)c1C. The summed E-state index contributed by atoms with van der Waals surface area (Å²) in [5.74, 6) is 0.816. The van der Waals surface area contributed by atoms with Crippen molar-refractivity contribution in [3.8, 4) is 11.4 Å². The number of aromatic nitrogens is 1. The van der Waals surface area contributed by atoms with E-state index < -0.39 is 0 Å². The van der Waals surface area contributed by atoms with E-state index in [1.54, 1.807) is 7.11 Å². The van der Waals surface area contributed by atoms with E-state index in [1.165, 1.54) is 0 Å². The monoisotopic (exact) mass is 377 g/mol. The largest absolute Gasteiger partial charge is 0.495 e. The molecule has 0 unspecified atom stereocenters. The van der Waals surface area contributed by atoms with Crippen molar-refractivity contribution in [1.82, 2.24) is 9.88 Å². The fourth-order valence-corrected chi connectivity index (χ4v) is 3.42. The van der Waals surface area contributed by atoms with Crippen molar-refractivity contribution in [2.24, 2.45) is 0 Å². The van der Waals surface area contributed by atoms with E-state index in [2.05, 4.69) is 35.1 Å². The molecule has 3 aromatic rings. The summed E-state index contributed by atoms with van der Waals surface area (Å²) in [6.07, 6.45) is 0. The molecule has 0 fully saturated rings. The van der Waals surface area contributed by atoms with Gasteiger partial charge in [-0.25, -0.2) is 4.79 Å². The topological polar surface area (TPSA) is 55.3 Å². The molecule has 0 saturated heterocycles. The number of amides is 2. The van der Waals surface area contributed by atoms with Gasteiger partial charge in [0.2, 0.25) is 0 Å². The minimum Gasteiger partial charge on any atom is -0.495 e. The first-order valence-corrected chi connectivity index (χ1v) is 9.34. The van der Waals surface area contributed by atoms with Crippen LogP contribution in [0.25, 0.3) is 5.69 Å². The van der Waals surface area contributed by atoms with Gasteiger partial charge in [0.25, 0.3) is 0 Å². The molecule has 28 heavy (non-hydrogen) atoms. The fraction of sp³-hybridized carbons (Fsp3) is 0.261. The van der Waals surface area contributed by atoms with E-state index in [0.717, 1.165) is 45.2 Å². The summed E-state index contributed by atoms with van der Waals surface area (Å²) >= 11 is 0. The molecule has 3 rings (SSSR count). The number of urea groups is 1. The Morgan fingerprint density at radius 1 is 1.04 bits per heavy atom. The van der Waals surface area contributed by atoms with Gasteiger partial charge in [0.1, 0.15) is 5.75 Å². The maximum Gasteiger partial charge on any atom is 0.319 e. The fourth-order valence-electron chi connectivity index (χ4n) is 3.42. The van der Waals surface area contributed by atoms with Crippen molar-refractivity contribution in [2.75, 3.05) is 12.4 Å². The molecule has 0 saturated carbocycles. The Labute approximate surface area is 166 Å². The van der Waals surface area contributed by atoms with Crippen molar-refractivity contribution >= 4 is 11.7 Å². The van der Waals surface area contributed by atoms with Gasteiger partial charge in [-0.05, 0) is 68.7 Å². The predicted octanol–water partition coefficient (Wildman–Crippen LogP) is 5.04. The number of rotatable bonds is 5. The minimum atomic E-state index is -0.212. The molecule has 2 aromatic carbocycles.